The minimum Gasteiger partial charge on any atom is -0.445 e. The van der Waals surface area contributed by atoms with Crippen LogP contribution in [0.25, 0.3) is 10.9 Å². The fourth-order valence-electron chi connectivity index (χ4n) is 1.30. The Morgan fingerprint density at radius 1 is 1.07 bits per heavy atom. The number of aromatic nitrogens is 1. The third-order valence-electron chi connectivity index (χ3n) is 2.04. The summed E-state index contributed by atoms with van der Waals surface area (Å²) in [6.07, 6.45) is 0.764. The predicted octanol–water partition coefficient (Wildman–Crippen LogP) is 2.43. The van der Waals surface area contributed by atoms with Crippen molar-refractivity contribution < 1.29 is 17.3 Å². The number of halogens is 4. The molecule has 0 N–H and O–H groups in total. The zero-order valence-corrected chi connectivity index (χ0v) is 7.42. The van der Waals surface area contributed by atoms with E-state index in [2.05, 4.69) is 4.98 Å². The molecule has 0 aliphatic heterocycles. The first-order chi connectivity index (χ1) is 6.97. The smallest absolute Gasteiger partial charge is 0.445 e. The molecule has 1 aromatic heterocycles. The third-order valence-corrected chi connectivity index (χ3v) is 2.04. The van der Waals surface area contributed by atoms with Crippen LogP contribution in [0.4, 0.5) is 17.3 Å². The highest BCUT2D eigenvalue weighted by Gasteiger charge is 2.25. The molecule has 0 saturated carbocycles. The number of hydrogen-bond acceptors (Lipinski definition) is 1. The van der Waals surface area contributed by atoms with Crippen LogP contribution in [0, 0.1) is 5.82 Å². The van der Waals surface area contributed by atoms with Gasteiger partial charge in [0, 0.05) is 11.6 Å². The maximum absolute atomic E-state index is 12.8. The molecule has 0 aliphatic carbocycles. The maximum atomic E-state index is 12.8. The Bertz CT molecular complexity index is 509. The molecular formula is C9H5BF4N-. The van der Waals surface area contributed by atoms with Gasteiger partial charge in [0.25, 0.3) is 0 Å². The second-order valence-corrected chi connectivity index (χ2v) is 3.18. The summed E-state index contributed by atoms with van der Waals surface area (Å²) in [4.78, 5) is 3.62. The lowest BCUT2D eigenvalue weighted by atomic mass is 9.81. The lowest BCUT2D eigenvalue weighted by molar-refractivity contribution is 0.501. The van der Waals surface area contributed by atoms with Crippen molar-refractivity contribution in [2.24, 2.45) is 0 Å². The topological polar surface area (TPSA) is 12.9 Å². The molecule has 0 aliphatic rings. The van der Waals surface area contributed by atoms with Gasteiger partial charge in [-0.2, -0.15) is 0 Å². The normalized spacial score (nSPS) is 12.0. The van der Waals surface area contributed by atoms with Crippen molar-refractivity contribution in [2.75, 3.05) is 0 Å². The van der Waals surface area contributed by atoms with E-state index in [-0.39, 0.29) is 5.39 Å². The Kier molecular flexibility index (Phi) is 2.14. The molecule has 0 atom stereocenters. The van der Waals surface area contributed by atoms with E-state index in [0.29, 0.717) is 5.52 Å². The minimum absolute atomic E-state index is 0.159. The summed E-state index contributed by atoms with van der Waals surface area (Å²) in [5.41, 5.74) is -0.465. The number of nitrogens with zero attached hydrogens (tertiary/aromatic N) is 1. The van der Waals surface area contributed by atoms with Crippen molar-refractivity contribution in [1.29, 1.82) is 0 Å². The van der Waals surface area contributed by atoms with E-state index in [1.54, 1.807) is 0 Å². The van der Waals surface area contributed by atoms with Crippen LogP contribution in [0.15, 0.2) is 30.5 Å². The summed E-state index contributed by atoms with van der Waals surface area (Å²) in [5, 5.41) is 0.159. The SMILES string of the molecule is Fc1ccc2ncc([B-](F)(F)F)cc2c1. The molecule has 2 aromatic rings. The molecule has 0 saturated heterocycles. The Morgan fingerprint density at radius 3 is 2.47 bits per heavy atom. The average molecular weight is 214 g/mol. The fraction of sp³-hybridized carbons (Fsp3) is 0. The van der Waals surface area contributed by atoms with Crippen molar-refractivity contribution in [3.05, 3.63) is 36.3 Å². The number of pyridine rings is 1. The van der Waals surface area contributed by atoms with Gasteiger partial charge in [-0.25, -0.2) is 4.39 Å². The van der Waals surface area contributed by atoms with Crippen molar-refractivity contribution in [3.63, 3.8) is 0 Å². The molecule has 6 heteroatoms. The summed E-state index contributed by atoms with van der Waals surface area (Å²) < 4.78 is 49.8. The molecular weight excluding hydrogens is 209 g/mol. The van der Waals surface area contributed by atoms with E-state index in [1.807, 2.05) is 0 Å². The first kappa shape index (κ1) is 9.95. The van der Waals surface area contributed by atoms with Crippen molar-refractivity contribution in [3.8, 4) is 0 Å². The molecule has 15 heavy (non-hydrogen) atoms. The number of hydrogen-bond donors (Lipinski definition) is 0. The fourth-order valence-corrected chi connectivity index (χ4v) is 1.30. The molecule has 1 aromatic carbocycles. The van der Waals surface area contributed by atoms with Gasteiger partial charge in [0.05, 0.1) is 5.52 Å². The molecule has 2 rings (SSSR count). The zero-order chi connectivity index (χ0) is 11.1. The van der Waals surface area contributed by atoms with Crippen LogP contribution in [0.3, 0.4) is 0 Å². The number of rotatable bonds is 1. The lowest BCUT2D eigenvalue weighted by Crippen LogP contribution is -2.34. The van der Waals surface area contributed by atoms with Crippen LogP contribution in [-0.2, 0) is 0 Å². The van der Waals surface area contributed by atoms with Gasteiger partial charge >= 0.3 is 6.98 Å². The summed E-state index contributed by atoms with van der Waals surface area (Å²) in [6.45, 7) is -5.08. The van der Waals surface area contributed by atoms with Gasteiger partial charge in [0.2, 0.25) is 0 Å². The molecule has 0 radical (unpaired) electrons. The van der Waals surface area contributed by atoms with E-state index in [4.69, 9.17) is 0 Å². The van der Waals surface area contributed by atoms with Crippen LogP contribution in [-0.4, -0.2) is 12.0 Å². The van der Waals surface area contributed by atoms with E-state index in [1.165, 1.54) is 6.07 Å². The van der Waals surface area contributed by atoms with E-state index in [0.717, 1.165) is 24.4 Å². The molecule has 0 amide bonds. The van der Waals surface area contributed by atoms with Crippen LogP contribution >= 0.6 is 0 Å². The molecule has 0 spiro atoms. The van der Waals surface area contributed by atoms with Gasteiger partial charge in [-0.15, -0.1) is 0 Å². The van der Waals surface area contributed by atoms with Crippen LogP contribution < -0.4 is 5.46 Å². The zero-order valence-electron chi connectivity index (χ0n) is 7.42. The maximum Gasteiger partial charge on any atom is 0.511 e. The highest BCUT2D eigenvalue weighted by Crippen LogP contribution is 2.15. The Hall–Kier alpha value is -1.59. The molecule has 1 nitrogen and oxygen atoms in total. The highest BCUT2D eigenvalue weighted by atomic mass is 19.4. The summed E-state index contributed by atoms with van der Waals surface area (Å²) in [6, 6.07) is 4.45. The van der Waals surface area contributed by atoms with E-state index in [9.17, 15) is 17.3 Å². The summed E-state index contributed by atoms with van der Waals surface area (Å²) in [7, 11) is 0. The molecule has 78 valence electrons. The summed E-state index contributed by atoms with van der Waals surface area (Å²) >= 11 is 0. The molecule has 0 bridgehead atoms. The Balaban J connectivity index is 2.64. The Labute approximate surface area is 82.8 Å². The van der Waals surface area contributed by atoms with Crippen molar-refractivity contribution >= 4 is 23.3 Å². The van der Waals surface area contributed by atoms with Gasteiger partial charge in [-0.05, 0) is 18.2 Å². The second-order valence-electron chi connectivity index (χ2n) is 3.18. The van der Waals surface area contributed by atoms with Crippen LogP contribution in [0.1, 0.15) is 0 Å². The van der Waals surface area contributed by atoms with Crippen LogP contribution in [0.5, 0.6) is 0 Å². The first-order valence-electron chi connectivity index (χ1n) is 4.22. The van der Waals surface area contributed by atoms with Gasteiger partial charge in [0.1, 0.15) is 5.82 Å². The van der Waals surface area contributed by atoms with Gasteiger partial charge < -0.3 is 12.9 Å². The molecule has 0 unspecified atom stereocenters. The van der Waals surface area contributed by atoms with E-state index >= 15 is 0 Å². The quantitative estimate of drug-likeness (QED) is 0.524. The Morgan fingerprint density at radius 2 is 1.80 bits per heavy atom. The van der Waals surface area contributed by atoms with E-state index < -0.39 is 18.3 Å². The predicted molar refractivity (Wildman–Crippen MR) is 50.4 cm³/mol. The van der Waals surface area contributed by atoms with Gasteiger partial charge in [-0.3, -0.25) is 4.98 Å². The highest BCUT2D eigenvalue weighted by molar-refractivity contribution is 6.73. The number of fused-ring (bicyclic) bond motifs is 1. The average Bonchev–Trinajstić information content (AvgIpc) is 2.15. The van der Waals surface area contributed by atoms with Gasteiger partial charge in [-0.1, -0.05) is 11.5 Å². The molecule has 0 fully saturated rings. The second kappa shape index (κ2) is 3.22. The van der Waals surface area contributed by atoms with Crippen LogP contribution in [0.2, 0.25) is 0 Å². The first-order valence-corrected chi connectivity index (χ1v) is 4.22. The van der Waals surface area contributed by atoms with Crippen molar-refractivity contribution in [2.45, 2.75) is 0 Å². The minimum atomic E-state index is -5.08. The molecule has 1 heterocycles. The number of benzene rings is 1. The monoisotopic (exact) mass is 214 g/mol. The standard InChI is InChI=1S/C9H5BF4N/c11-8-1-2-9-6(4-8)3-7(5-15-9)10(12,13)14/h1-5H/q-1. The van der Waals surface area contributed by atoms with Gasteiger partial charge in [0.15, 0.2) is 0 Å². The third kappa shape index (κ3) is 1.93. The largest absolute Gasteiger partial charge is 0.511 e. The van der Waals surface area contributed by atoms with Crippen molar-refractivity contribution in [1.82, 2.24) is 4.98 Å². The summed E-state index contributed by atoms with van der Waals surface area (Å²) in [5.74, 6) is -0.573. The lowest BCUT2D eigenvalue weighted by Gasteiger charge is -2.14.